The van der Waals surface area contributed by atoms with Gasteiger partial charge in [0.2, 0.25) is 17.8 Å². The molecule has 5 rings (SSSR count). The van der Waals surface area contributed by atoms with Gasteiger partial charge in [-0.3, -0.25) is 10.0 Å². The largest absolute Gasteiger partial charge is 0.341 e. The second-order valence-electron chi connectivity index (χ2n) is 10.5. The minimum Gasteiger partial charge on any atom is -0.341 e. The highest BCUT2D eigenvalue weighted by Gasteiger charge is 2.28. The van der Waals surface area contributed by atoms with Gasteiger partial charge in [-0.05, 0) is 67.3 Å². The lowest BCUT2D eigenvalue weighted by atomic mass is 9.87. The van der Waals surface area contributed by atoms with Crippen LogP contribution >= 0.6 is 11.6 Å². The Morgan fingerprint density at radius 3 is 2.75 bits per heavy atom. The van der Waals surface area contributed by atoms with E-state index in [0.717, 1.165) is 39.2 Å². The van der Waals surface area contributed by atoms with Gasteiger partial charge in [0.05, 0.1) is 27.8 Å². The molecule has 0 saturated heterocycles. The summed E-state index contributed by atoms with van der Waals surface area (Å²) >= 11 is 5.90. The average molecular weight is 614 g/mol. The number of rotatable bonds is 6. The fourth-order valence-corrected chi connectivity index (χ4v) is 5.52. The molecule has 0 radical (unpaired) electrons. The number of allylic oxidation sites excluding steroid dienone is 2. The Balaban J connectivity index is 1.53. The average Bonchev–Trinajstić information content (AvgIpc) is 3.00. The molecule has 1 aliphatic rings. The molecule has 0 saturated carbocycles. The number of benzene rings is 3. The zero-order valence-electron chi connectivity index (χ0n) is 24.2. The summed E-state index contributed by atoms with van der Waals surface area (Å²) in [6.45, 7) is 5.84. The van der Waals surface area contributed by atoms with Gasteiger partial charge in [0.15, 0.2) is 5.82 Å². The molecule has 2 heterocycles. The maximum absolute atomic E-state index is 14.7. The van der Waals surface area contributed by atoms with Crippen LogP contribution in [0.4, 0.5) is 20.2 Å². The van der Waals surface area contributed by atoms with Crippen molar-refractivity contribution in [2.75, 3.05) is 10.6 Å². The molecule has 0 aliphatic carbocycles. The van der Waals surface area contributed by atoms with Crippen molar-refractivity contribution in [2.24, 2.45) is 4.99 Å². The van der Waals surface area contributed by atoms with Crippen molar-refractivity contribution in [2.45, 2.75) is 38.5 Å². The molecule has 3 N–H and O–H groups in total. The molecule has 6 nitrogen and oxygen atoms in total. The van der Waals surface area contributed by atoms with Crippen LogP contribution in [0.3, 0.4) is 0 Å². The van der Waals surface area contributed by atoms with E-state index >= 15 is 0 Å². The first-order valence-corrected chi connectivity index (χ1v) is 14.7. The number of aliphatic imine (C=N–C) groups is 1. The number of carbonyl (C=O) groups excluding carboxylic acids is 1. The predicted octanol–water partition coefficient (Wildman–Crippen LogP) is 8.65. The summed E-state index contributed by atoms with van der Waals surface area (Å²) in [5, 5.41) is 17.1. The number of pyridine rings is 1. The van der Waals surface area contributed by atoms with E-state index in [1.54, 1.807) is 24.4 Å². The van der Waals surface area contributed by atoms with E-state index in [2.05, 4.69) is 22.2 Å². The molecule has 1 unspecified atom stereocenters. The number of aromatic nitrogens is 1. The number of fused-ring (bicyclic) bond motifs is 4. The van der Waals surface area contributed by atoms with E-state index in [9.17, 15) is 18.8 Å². The molecule has 0 fully saturated rings. The van der Waals surface area contributed by atoms with Crippen LogP contribution in [0.25, 0.3) is 22.3 Å². The lowest BCUT2D eigenvalue weighted by molar-refractivity contribution is -0.909. The zero-order valence-corrected chi connectivity index (χ0v) is 24.9. The van der Waals surface area contributed by atoms with Crippen LogP contribution < -0.4 is 15.4 Å². The second-order valence-corrected chi connectivity index (χ2v) is 10.9. The van der Waals surface area contributed by atoms with Crippen LogP contribution in [-0.2, 0) is 4.79 Å². The van der Waals surface area contributed by atoms with Crippen LogP contribution in [0.2, 0.25) is 5.02 Å². The zero-order chi connectivity index (χ0) is 31.2. The van der Waals surface area contributed by atoms with E-state index in [1.807, 2.05) is 55.5 Å². The fourth-order valence-electron chi connectivity index (χ4n) is 5.37. The van der Waals surface area contributed by atoms with Gasteiger partial charge >= 0.3 is 0 Å². The minimum atomic E-state index is -0.890. The molecule has 44 heavy (non-hydrogen) atoms. The monoisotopic (exact) mass is 613 g/mol. The molecular formula is C35H32ClF2N4O2+. The van der Waals surface area contributed by atoms with Crippen LogP contribution in [0.15, 0.2) is 102 Å². The third-order valence-electron chi connectivity index (χ3n) is 7.49. The summed E-state index contributed by atoms with van der Waals surface area (Å²) in [4.78, 5) is 17.2. The molecule has 3 aromatic carbocycles. The highest BCUT2D eigenvalue weighted by Crippen LogP contribution is 2.37. The first kappa shape index (κ1) is 30.6. The number of anilines is 2. The Morgan fingerprint density at radius 1 is 1.11 bits per heavy atom. The molecule has 1 amide bonds. The van der Waals surface area contributed by atoms with Crippen molar-refractivity contribution in [1.29, 1.82) is 0 Å². The number of hydrogen-bond acceptors (Lipinski definition) is 4. The van der Waals surface area contributed by atoms with Gasteiger partial charge < -0.3 is 10.6 Å². The standard InChI is InChI=1S/C35H31ClF2N4O2/c1-3-4-18-39-22(2)40-26-13-14-27-23-8-7-9-24(19-23)28(10-5-6-11-33(43)41-31(27)20-26)32-17-12-25(21-42(32)44)34-30(37)16-15-29(36)35(34)38/h3-4,7-9,12-21,28,40H,2,5-6,10-11H2,1H3,(H-,41,43,44)/p+1/b4-3-,39-18?. The van der Waals surface area contributed by atoms with E-state index in [-0.39, 0.29) is 28.0 Å². The number of amides is 1. The molecule has 0 spiro atoms. The number of hydrogen-bond donors (Lipinski definition) is 3. The van der Waals surface area contributed by atoms with Crippen molar-refractivity contribution in [3.63, 3.8) is 0 Å². The van der Waals surface area contributed by atoms with Crippen molar-refractivity contribution >= 4 is 35.1 Å². The van der Waals surface area contributed by atoms with E-state index < -0.39 is 11.6 Å². The highest BCUT2D eigenvalue weighted by atomic mass is 35.5. The van der Waals surface area contributed by atoms with Gasteiger partial charge in [0, 0.05) is 34.7 Å². The lowest BCUT2D eigenvalue weighted by Gasteiger charge is -2.19. The normalized spacial score (nSPS) is 15.4. The topological polar surface area (TPSA) is 77.6 Å². The second kappa shape index (κ2) is 13.7. The molecule has 9 heteroatoms. The van der Waals surface area contributed by atoms with Crippen molar-refractivity contribution < 1.29 is 23.5 Å². The SMILES string of the molecule is C=C(N=C/C=C\C)Nc1ccc2c(c1)NC(=O)CCCCC(c1ccc(-c3c(F)ccc(Cl)c3F)c[n+]1O)c1cccc-2c1. The summed E-state index contributed by atoms with van der Waals surface area (Å²) in [6, 6.07) is 19.1. The summed E-state index contributed by atoms with van der Waals surface area (Å²) in [7, 11) is 0. The Bertz CT molecular complexity index is 1790. The summed E-state index contributed by atoms with van der Waals surface area (Å²) in [6.07, 6.45) is 8.91. The first-order chi connectivity index (χ1) is 21.2. The van der Waals surface area contributed by atoms with E-state index in [1.165, 1.54) is 6.20 Å². The maximum atomic E-state index is 14.7. The Labute approximate surface area is 260 Å². The molecule has 4 aromatic rings. The number of carbonyl (C=O) groups is 1. The third-order valence-corrected chi connectivity index (χ3v) is 7.78. The molecule has 1 aromatic heterocycles. The van der Waals surface area contributed by atoms with Crippen LogP contribution in [0.1, 0.15) is 49.8 Å². The molecule has 1 atom stereocenters. The van der Waals surface area contributed by atoms with Crippen molar-refractivity contribution in [3.05, 3.63) is 125 Å². The molecule has 1 aliphatic heterocycles. The molecule has 224 valence electrons. The minimum absolute atomic E-state index is 0.103. The molecular weight excluding hydrogens is 582 g/mol. The van der Waals surface area contributed by atoms with Gasteiger partial charge in [-0.1, -0.05) is 61.0 Å². The summed E-state index contributed by atoms with van der Waals surface area (Å²) < 4.78 is 30.2. The highest BCUT2D eigenvalue weighted by molar-refractivity contribution is 6.31. The summed E-state index contributed by atoms with van der Waals surface area (Å²) in [5.41, 5.74) is 4.42. The first-order valence-electron chi connectivity index (χ1n) is 14.3. The third kappa shape index (κ3) is 6.87. The number of nitrogens with zero attached hydrogens (tertiary/aromatic N) is 2. The smallest absolute Gasteiger partial charge is 0.241 e. The van der Waals surface area contributed by atoms with Crippen molar-refractivity contribution in [3.8, 4) is 22.3 Å². The van der Waals surface area contributed by atoms with Crippen LogP contribution in [-0.4, -0.2) is 17.3 Å². The quantitative estimate of drug-likeness (QED) is 0.0881. The lowest BCUT2D eigenvalue weighted by Crippen LogP contribution is -2.37. The maximum Gasteiger partial charge on any atom is 0.241 e. The van der Waals surface area contributed by atoms with E-state index in [4.69, 9.17) is 11.6 Å². The Morgan fingerprint density at radius 2 is 1.95 bits per heavy atom. The van der Waals surface area contributed by atoms with Crippen LogP contribution in [0, 0.1) is 11.6 Å². The van der Waals surface area contributed by atoms with Crippen LogP contribution in [0.5, 0.6) is 0 Å². The Hall–Kier alpha value is -4.82. The van der Waals surface area contributed by atoms with Gasteiger partial charge in [0.25, 0.3) is 0 Å². The number of nitrogens with one attached hydrogen (secondary N) is 2. The van der Waals surface area contributed by atoms with Gasteiger partial charge in [-0.15, -0.1) is 0 Å². The number of halogens is 3. The van der Waals surface area contributed by atoms with Crippen molar-refractivity contribution in [1.82, 2.24) is 0 Å². The fraction of sp³-hybridized carbons (Fsp3) is 0.171. The van der Waals surface area contributed by atoms with Gasteiger partial charge in [0.1, 0.15) is 11.6 Å². The van der Waals surface area contributed by atoms with Gasteiger partial charge in [-0.2, -0.15) is 0 Å². The predicted molar refractivity (Wildman–Crippen MR) is 171 cm³/mol. The summed E-state index contributed by atoms with van der Waals surface area (Å²) in [5.74, 6) is -1.57. The molecule has 2 bridgehead atoms. The van der Waals surface area contributed by atoms with Gasteiger partial charge in [-0.25, -0.2) is 13.8 Å². The Kier molecular flexibility index (Phi) is 9.50. The van der Waals surface area contributed by atoms with E-state index in [0.29, 0.717) is 42.9 Å².